The number of amides is 1. The molecule has 0 aliphatic rings. The molecule has 7 nitrogen and oxygen atoms in total. The van der Waals surface area contributed by atoms with Gasteiger partial charge in [-0.3, -0.25) is 9.78 Å². The fourth-order valence-electron chi connectivity index (χ4n) is 1.98. The fraction of sp³-hybridized carbons (Fsp3) is 0.167. The lowest BCUT2D eigenvalue weighted by Crippen LogP contribution is -2.26. The highest BCUT2D eigenvalue weighted by Gasteiger charge is 2.10. The summed E-state index contributed by atoms with van der Waals surface area (Å²) in [5, 5.41) is 21.3. The lowest BCUT2D eigenvalue weighted by atomic mass is 10.1. The van der Waals surface area contributed by atoms with Crippen molar-refractivity contribution in [2.45, 2.75) is 6.10 Å². The van der Waals surface area contributed by atoms with Crippen LogP contribution in [0.5, 0.6) is 5.75 Å². The molecule has 2 rings (SSSR count). The van der Waals surface area contributed by atoms with Gasteiger partial charge >= 0.3 is 5.97 Å². The third kappa shape index (κ3) is 6.44. The van der Waals surface area contributed by atoms with Crippen LogP contribution in [0.3, 0.4) is 0 Å². The van der Waals surface area contributed by atoms with Crippen LogP contribution in [-0.4, -0.2) is 40.2 Å². The number of rotatable bonds is 8. The highest BCUT2D eigenvalue weighted by atomic mass is 16.5. The second kappa shape index (κ2) is 9.19. The van der Waals surface area contributed by atoms with Crippen molar-refractivity contribution in [3.05, 3.63) is 66.0 Å². The number of benzene rings is 1. The molecule has 0 radical (unpaired) electrons. The van der Waals surface area contributed by atoms with Gasteiger partial charge in [0.25, 0.3) is 0 Å². The molecule has 0 aliphatic carbocycles. The van der Waals surface area contributed by atoms with E-state index in [4.69, 9.17) is 9.84 Å². The van der Waals surface area contributed by atoms with E-state index >= 15 is 0 Å². The number of aliphatic carboxylic acids is 1. The maximum Gasteiger partial charge on any atom is 0.341 e. The number of carbonyl (C=O) groups is 2. The number of carboxylic acid groups (broad SMARTS) is 1. The minimum absolute atomic E-state index is 0.0125. The van der Waals surface area contributed by atoms with Gasteiger partial charge in [0.15, 0.2) is 6.61 Å². The summed E-state index contributed by atoms with van der Waals surface area (Å²) in [5.74, 6) is -1.10. The molecule has 0 spiro atoms. The Labute approximate surface area is 144 Å². The molecule has 1 aromatic carbocycles. The smallest absolute Gasteiger partial charge is 0.341 e. The van der Waals surface area contributed by atoms with Crippen molar-refractivity contribution in [3.63, 3.8) is 0 Å². The lowest BCUT2D eigenvalue weighted by molar-refractivity contribution is -0.139. The Morgan fingerprint density at radius 1 is 1.28 bits per heavy atom. The summed E-state index contributed by atoms with van der Waals surface area (Å²) in [6, 6.07) is 10.0. The van der Waals surface area contributed by atoms with Gasteiger partial charge in [-0.1, -0.05) is 18.2 Å². The monoisotopic (exact) mass is 342 g/mol. The van der Waals surface area contributed by atoms with Crippen molar-refractivity contribution in [2.24, 2.45) is 0 Å². The molecule has 7 heteroatoms. The Kier molecular flexibility index (Phi) is 6.67. The predicted molar refractivity (Wildman–Crippen MR) is 90.8 cm³/mol. The number of aromatic nitrogens is 1. The third-order valence-electron chi connectivity index (χ3n) is 3.19. The molecule has 0 fully saturated rings. The van der Waals surface area contributed by atoms with Crippen LogP contribution >= 0.6 is 0 Å². The second-order valence-corrected chi connectivity index (χ2v) is 5.14. The van der Waals surface area contributed by atoms with Crippen LogP contribution in [0.25, 0.3) is 6.08 Å². The molecule has 25 heavy (non-hydrogen) atoms. The first-order chi connectivity index (χ1) is 12.0. The van der Waals surface area contributed by atoms with Crippen molar-refractivity contribution in [3.8, 4) is 5.75 Å². The molecule has 1 atom stereocenters. The summed E-state index contributed by atoms with van der Waals surface area (Å²) in [5.41, 5.74) is 1.31. The molecule has 1 unspecified atom stereocenters. The van der Waals surface area contributed by atoms with Gasteiger partial charge in [-0.05, 0) is 35.4 Å². The minimum Gasteiger partial charge on any atom is -0.482 e. The van der Waals surface area contributed by atoms with Gasteiger partial charge in [-0.15, -0.1) is 0 Å². The number of ether oxygens (including phenoxy) is 1. The molecule has 0 bridgehead atoms. The maximum absolute atomic E-state index is 11.8. The molecular formula is C18H18N2O5. The molecule has 1 amide bonds. The summed E-state index contributed by atoms with van der Waals surface area (Å²) in [6.07, 6.45) is 5.30. The summed E-state index contributed by atoms with van der Waals surface area (Å²) < 4.78 is 5.06. The number of aliphatic hydroxyl groups is 1. The van der Waals surface area contributed by atoms with E-state index in [9.17, 15) is 14.7 Å². The van der Waals surface area contributed by atoms with Gasteiger partial charge in [0.05, 0.1) is 6.10 Å². The summed E-state index contributed by atoms with van der Waals surface area (Å²) in [6.45, 7) is -0.450. The average Bonchev–Trinajstić information content (AvgIpc) is 2.63. The molecule has 1 heterocycles. The standard InChI is InChI=1S/C18H18N2O5/c21-16(14-4-1-5-15(9-14)25-12-18(23)24)11-20-17(22)7-6-13-3-2-8-19-10-13/h1-10,16,21H,11-12H2,(H,20,22)(H,23,24)/b7-6+. The first-order valence-electron chi connectivity index (χ1n) is 7.53. The van der Waals surface area contributed by atoms with Crippen LogP contribution in [0, 0.1) is 0 Å². The number of nitrogens with one attached hydrogen (secondary N) is 1. The summed E-state index contributed by atoms with van der Waals surface area (Å²) >= 11 is 0. The van der Waals surface area contributed by atoms with Crippen molar-refractivity contribution >= 4 is 18.0 Å². The van der Waals surface area contributed by atoms with E-state index < -0.39 is 18.7 Å². The minimum atomic E-state index is -1.08. The fourth-order valence-corrected chi connectivity index (χ4v) is 1.98. The van der Waals surface area contributed by atoms with Crippen LogP contribution < -0.4 is 10.1 Å². The molecule has 1 aromatic heterocycles. The Morgan fingerprint density at radius 2 is 2.12 bits per heavy atom. The van der Waals surface area contributed by atoms with E-state index in [1.165, 1.54) is 12.1 Å². The Bertz CT molecular complexity index is 746. The number of carbonyl (C=O) groups excluding carboxylic acids is 1. The molecule has 2 aromatic rings. The van der Waals surface area contributed by atoms with Crippen LogP contribution in [0.1, 0.15) is 17.2 Å². The zero-order valence-corrected chi connectivity index (χ0v) is 13.3. The Balaban J connectivity index is 1.86. The quantitative estimate of drug-likeness (QED) is 0.626. The van der Waals surface area contributed by atoms with Gasteiger partial charge in [0, 0.05) is 25.0 Å². The molecule has 0 saturated carbocycles. The third-order valence-corrected chi connectivity index (χ3v) is 3.19. The zero-order chi connectivity index (χ0) is 18.1. The van der Waals surface area contributed by atoms with E-state index in [1.54, 1.807) is 42.7 Å². The van der Waals surface area contributed by atoms with Gasteiger partial charge in [-0.2, -0.15) is 0 Å². The number of aliphatic hydroxyl groups excluding tert-OH is 1. The van der Waals surface area contributed by atoms with Crippen molar-refractivity contribution < 1.29 is 24.5 Å². The van der Waals surface area contributed by atoms with Crippen molar-refractivity contribution in [2.75, 3.05) is 13.2 Å². The topological polar surface area (TPSA) is 109 Å². The number of nitrogens with zero attached hydrogens (tertiary/aromatic N) is 1. The predicted octanol–water partition coefficient (Wildman–Crippen LogP) is 1.41. The normalized spacial score (nSPS) is 11.9. The van der Waals surface area contributed by atoms with Crippen LogP contribution in [0.4, 0.5) is 0 Å². The van der Waals surface area contributed by atoms with Crippen LogP contribution in [0.15, 0.2) is 54.9 Å². The van der Waals surface area contributed by atoms with E-state index in [-0.39, 0.29) is 12.5 Å². The SMILES string of the molecule is O=C(O)COc1cccc(C(O)CNC(=O)/C=C/c2cccnc2)c1. The lowest BCUT2D eigenvalue weighted by Gasteiger charge is -2.13. The summed E-state index contributed by atoms with van der Waals surface area (Å²) in [7, 11) is 0. The maximum atomic E-state index is 11.8. The van der Waals surface area contributed by atoms with E-state index in [0.29, 0.717) is 11.3 Å². The van der Waals surface area contributed by atoms with Gasteiger partial charge < -0.3 is 20.3 Å². The largest absolute Gasteiger partial charge is 0.482 e. The highest BCUT2D eigenvalue weighted by Crippen LogP contribution is 2.19. The van der Waals surface area contributed by atoms with E-state index in [1.807, 2.05) is 6.07 Å². The van der Waals surface area contributed by atoms with E-state index in [0.717, 1.165) is 5.56 Å². The molecule has 130 valence electrons. The van der Waals surface area contributed by atoms with Gasteiger partial charge in [0.1, 0.15) is 5.75 Å². The van der Waals surface area contributed by atoms with Crippen molar-refractivity contribution in [1.29, 1.82) is 0 Å². The van der Waals surface area contributed by atoms with Gasteiger partial charge in [-0.25, -0.2) is 4.79 Å². The number of hydrogen-bond acceptors (Lipinski definition) is 5. The van der Waals surface area contributed by atoms with Gasteiger partial charge in [0.2, 0.25) is 5.91 Å². The van der Waals surface area contributed by atoms with E-state index in [2.05, 4.69) is 10.3 Å². The Morgan fingerprint density at radius 3 is 2.84 bits per heavy atom. The molecule has 3 N–H and O–H groups in total. The molecular weight excluding hydrogens is 324 g/mol. The first kappa shape index (κ1) is 18.2. The van der Waals surface area contributed by atoms with Crippen molar-refractivity contribution in [1.82, 2.24) is 10.3 Å². The Hall–Kier alpha value is -3.19. The molecule has 0 saturated heterocycles. The first-order valence-corrected chi connectivity index (χ1v) is 7.53. The average molecular weight is 342 g/mol. The van der Waals surface area contributed by atoms with Crippen LogP contribution in [0.2, 0.25) is 0 Å². The summed E-state index contributed by atoms with van der Waals surface area (Å²) in [4.78, 5) is 26.2. The van der Waals surface area contributed by atoms with Crippen LogP contribution in [-0.2, 0) is 9.59 Å². The number of carboxylic acids is 1. The number of pyridine rings is 1. The second-order valence-electron chi connectivity index (χ2n) is 5.14. The number of hydrogen-bond donors (Lipinski definition) is 3. The zero-order valence-electron chi connectivity index (χ0n) is 13.3. The highest BCUT2D eigenvalue weighted by molar-refractivity contribution is 5.91. The molecule has 0 aliphatic heterocycles.